The van der Waals surface area contributed by atoms with Gasteiger partial charge in [0.1, 0.15) is 0 Å². The smallest absolute Gasteiger partial charge is 0.0324 e. The average Bonchev–Trinajstić information content (AvgIpc) is 3.47. The molecule has 0 nitrogen and oxygen atoms in total. The predicted octanol–water partition coefficient (Wildman–Crippen LogP) is 7.59. The van der Waals surface area contributed by atoms with Gasteiger partial charge in [-0.05, 0) is 52.6 Å². The molecule has 0 radical (unpaired) electrons. The fourth-order valence-electron chi connectivity index (χ4n) is 5.92. The van der Waals surface area contributed by atoms with E-state index in [1.54, 1.807) is 11.1 Å². The molecule has 2 aromatic carbocycles. The number of allylic oxidation sites excluding steroid dienone is 8. The van der Waals surface area contributed by atoms with Crippen molar-refractivity contribution in [1.82, 2.24) is 0 Å². The molecule has 2 aromatic rings. The lowest BCUT2D eigenvalue weighted by atomic mass is 9.66. The van der Waals surface area contributed by atoms with Gasteiger partial charge in [-0.3, -0.25) is 0 Å². The molecule has 0 saturated heterocycles. The topological polar surface area (TPSA) is 0 Å². The van der Waals surface area contributed by atoms with Crippen LogP contribution in [-0.4, -0.2) is 0 Å². The van der Waals surface area contributed by atoms with Crippen LogP contribution in [0.5, 0.6) is 0 Å². The summed E-state index contributed by atoms with van der Waals surface area (Å²) in [6.45, 7) is 4.62. The summed E-state index contributed by atoms with van der Waals surface area (Å²) in [6.07, 6.45) is 24.5. The Hall–Kier alpha value is -2.60. The molecule has 0 unspecified atom stereocenters. The second kappa shape index (κ2) is 7.02. The summed E-state index contributed by atoms with van der Waals surface area (Å²) in [5.74, 6) is 0. The third-order valence-corrected chi connectivity index (χ3v) is 7.08. The van der Waals surface area contributed by atoms with Crippen LogP contribution in [0.3, 0.4) is 0 Å². The number of hydrogen-bond donors (Lipinski definition) is 0. The van der Waals surface area contributed by atoms with Crippen LogP contribution < -0.4 is 0 Å². The molecular weight excluding hydrogens is 348 g/mol. The molecule has 3 aliphatic rings. The molecular formula is C29H30. The van der Waals surface area contributed by atoms with Gasteiger partial charge in [0.05, 0.1) is 0 Å². The zero-order valence-corrected chi connectivity index (χ0v) is 17.6. The zero-order valence-electron chi connectivity index (χ0n) is 17.6. The minimum atomic E-state index is 0.0164. The van der Waals surface area contributed by atoms with Crippen LogP contribution >= 0.6 is 0 Å². The van der Waals surface area contributed by atoms with Gasteiger partial charge in [0.2, 0.25) is 0 Å². The highest BCUT2D eigenvalue weighted by molar-refractivity contribution is 5.80. The first-order chi connectivity index (χ1) is 14.2. The second-order valence-corrected chi connectivity index (χ2v) is 8.87. The zero-order chi connectivity index (χ0) is 19.9. The van der Waals surface area contributed by atoms with Crippen LogP contribution in [0.4, 0.5) is 0 Å². The minimum Gasteiger partial charge on any atom is -0.0702 e. The maximum Gasteiger partial charge on any atom is 0.0324 e. The lowest BCUT2D eigenvalue weighted by molar-refractivity contribution is 0.545. The molecule has 0 aromatic heterocycles. The fraction of sp³-hybridized carbons (Fsp3) is 0.310. The van der Waals surface area contributed by atoms with Gasteiger partial charge in [-0.15, -0.1) is 0 Å². The highest BCUT2D eigenvalue weighted by Crippen LogP contribution is 2.51. The molecule has 0 saturated carbocycles. The molecule has 0 bridgehead atoms. The first-order valence-electron chi connectivity index (χ1n) is 11.2. The summed E-state index contributed by atoms with van der Waals surface area (Å²) in [6, 6.07) is 13.8. The summed E-state index contributed by atoms with van der Waals surface area (Å²) < 4.78 is 0. The Morgan fingerprint density at radius 2 is 1.31 bits per heavy atom. The molecule has 29 heavy (non-hydrogen) atoms. The Balaban J connectivity index is 1.81. The van der Waals surface area contributed by atoms with Crippen molar-refractivity contribution in [3.05, 3.63) is 107 Å². The SMILES string of the molecule is CCCC1(c2ccc3c(c2C2(CCC)C=CC=C2)Cc2ccccc2-3)C=CC=C1. The lowest BCUT2D eigenvalue weighted by Gasteiger charge is -2.37. The van der Waals surface area contributed by atoms with E-state index in [0.717, 1.165) is 19.3 Å². The van der Waals surface area contributed by atoms with Gasteiger partial charge in [-0.2, -0.15) is 0 Å². The summed E-state index contributed by atoms with van der Waals surface area (Å²) in [5, 5.41) is 0. The molecule has 0 heterocycles. The Morgan fingerprint density at radius 3 is 2.00 bits per heavy atom. The molecule has 5 rings (SSSR count). The predicted molar refractivity (Wildman–Crippen MR) is 124 cm³/mol. The van der Waals surface area contributed by atoms with Crippen molar-refractivity contribution < 1.29 is 0 Å². The number of rotatable bonds is 6. The number of benzene rings is 2. The highest BCUT2D eigenvalue weighted by Gasteiger charge is 2.40. The van der Waals surface area contributed by atoms with E-state index in [-0.39, 0.29) is 10.8 Å². The van der Waals surface area contributed by atoms with E-state index >= 15 is 0 Å². The van der Waals surface area contributed by atoms with Crippen LogP contribution in [0.15, 0.2) is 85.0 Å². The van der Waals surface area contributed by atoms with Crippen molar-refractivity contribution >= 4 is 0 Å². The fourth-order valence-corrected chi connectivity index (χ4v) is 5.92. The van der Waals surface area contributed by atoms with Crippen molar-refractivity contribution in [2.24, 2.45) is 0 Å². The van der Waals surface area contributed by atoms with Crippen LogP contribution in [0, 0.1) is 0 Å². The van der Waals surface area contributed by atoms with E-state index in [1.807, 2.05) is 0 Å². The van der Waals surface area contributed by atoms with Gasteiger partial charge >= 0.3 is 0 Å². The largest absolute Gasteiger partial charge is 0.0702 e. The lowest BCUT2D eigenvalue weighted by Crippen LogP contribution is -2.29. The first-order valence-corrected chi connectivity index (χ1v) is 11.2. The molecule has 3 aliphatic carbocycles. The Morgan fingerprint density at radius 1 is 0.690 bits per heavy atom. The molecule has 0 amide bonds. The standard InChI is InChI=1S/C29H30/c1-3-15-28(17-7-8-18-28)26-14-13-24-23-12-6-5-11-22(23)21-25(24)27(26)29(16-4-2)19-9-10-20-29/h5-14,17-20H,3-4,15-16,21H2,1-2H3. The van der Waals surface area contributed by atoms with Crippen molar-refractivity contribution in [2.75, 3.05) is 0 Å². The summed E-state index contributed by atoms with van der Waals surface area (Å²) >= 11 is 0. The summed E-state index contributed by atoms with van der Waals surface area (Å²) in [5.41, 5.74) is 9.03. The average molecular weight is 379 g/mol. The number of fused-ring (bicyclic) bond motifs is 3. The quantitative estimate of drug-likeness (QED) is 0.414. The van der Waals surface area contributed by atoms with E-state index in [2.05, 4.69) is 98.9 Å². The summed E-state index contributed by atoms with van der Waals surface area (Å²) in [4.78, 5) is 0. The molecule has 0 heteroatoms. The maximum atomic E-state index is 2.46. The van der Waals surface area contributed by atoms with E-state index in [1.165, 1.54) is 35.1 Å². The van der Waals surface area contributed by atoms with E-state index < -0.39 is 0 Å². The minimum absolute atomic E-state index is 0.0164. The van der Waals surface area contributed by atoms with Gasteiger partial charge in [-0.1, -0.05) is 112 Å². The second-order valence-electron chi connectivity index (χ2n) is 8.87. The first kappa shape index (κ1) is 18.4. The maximum absolute atomic E-state index is 2.46. The molecule has 0 spiro atoms. The Bertz CT molecular complexity index is 1030. The Kier molecular flexibility index (Phi) is 4.46. The van der Waals surface area contributed by atoms with Crippen LogP contribution in [-0.2, 0) is 17.3 Å². The van der Waals surface area contributed by atoms with Crippen LogP contribution in [0.1, 0.15) is 61.8 Å². The van der Waals surface area contributed by atoms with Gasteiger partial charge in [-0.25, -0.2) is 0 Å². The molecule has 146 valence electrons. The van der Waals surface area contributed by atoms with Crippen molar-refractivity contribution in [3.63, 3.8) is 0 Å². The van der Waals surface area contributed by atoms with E-state index in [9.17, 15) is 0 Å². The van der Waals surface area contributed by atoms with E-state index in [4.69, 9.17) is 0 Å². The molecule has 0 N–H and O–H groups in total. The third-order valence-electron chi connectivity index (χ3n) is 7.08. The van der Waals surface area contributed by atoms with Gasteiger partial charge < -0.3 is 0 Å². The molecule has 0 aliphatic heterocycles. The molecule has 0 atom stereocenters. The normalized spacial score (nSPS) is 19.1. The van der Waals surface area contributed by atoms with Crippen LogP contribution in [0.25, 0.3) is 11.1 Å². The van der Waals surface area contributed by atoms with Gasteiger partial charge in [0.15, 0.2) is 0 Å². The van der Waals surface area contributed by atoms with Crippen molar-refractivity contribution in [3.8, 4) is 11.1 Å². The summed E-state index contributed by atoms with van der Waals surface area (Å²) in [7, 11) is 0. The van der Waals surface area contributed by atoms with Gasteiger partial charge in [0, 0.05) is 10.8 Å². The van der Waals surface area contributed by atoms with Crippen molar-refractivity contribution in [1.29, 1.82) is 0 Å². The highest BCUT2D eigenvalue weighted by atomic mass is 14.4. The molecule has 0 fully saturated rings. The number of hydrogen-bond acceptors (Lipinski definition) is 0. The van der Waals surface area contributed by atoms with E-state index in [0.29, 0.717) is 0 Å². The Labute approximate surface area is 175 Å². The van der Waals surface area contributed by atoms with Crippen molar-refractivity contribution in [2.45, 2.75) is 56.8 Å². The van der Waals surface area contributed by atoms with Crippen LogP contribution in [0.2, 0.25) is 0 Å². The van der Waals surface area contributed by atoms with Gasteiger partial charge in [0.25, 0.3) is 0 Å². The third kappa shape index (κ3) is 2.73. The monoisotopic (exact) mass is 378 g/mol.